The molecule has 1 fully saturated rings. The van der Waals surface area contributed by atoms with E-state index in [9.17, 15) is 4.79 Å². The van der Waals surface area contributed by atoms with Crippen LogP contribution in [0, 0.1) is 0 Å². The summed E-state index contributed by atoms with van der Waals surface area (Å²) < 4.78 is 0.800. The third-order valence-electron chi connectivity index (χ3n) is 4.54. The van der Waals surface area contributed by atoms with E-state index >= 15 is 0 Å². The van der Waals surface area contributed by atoms with Crippen LogP contribution in [0.5, 0.6) is 0 Å². The van der Waals surface area contributed by atoms with Gasteiger partial charge in [-0.05, 0) is 36.9 Å². The first kappa shape index (κ1) is 19.5. The minimum atomic E-state index is -0.257. The highest BCUT2D eigenvalue weighted by Crippen LogP contribution is 2.35. The van der Waals surface area contributed by atoms with Crippen LogP contribution in [-0.2, 0) is 0 Å². The van der Waals surface area contributed by atoms with Crippen molar-refractivity contribution in [1.82, 2.24) is 4.90 Å². The minimum absolute atomic E-state index is 0.257. The quantitative estimate of drug-likeness (QED) is 0.690. The number of hydrogen-bond acceptors (Lipinski definition) is 3. The summed E-state index contributed by atoms with van der Waals surface area (Å²) in [5.41, 5.74) is 1.98. The van der Waals surface area contributed by atoms with E-state index in [1.807, 2.05) is 18.2 Å². The molecule has 0 saturated carbocycles. The van der Waals surface area contributed by atoms with Crippen molar-refractivity contribution in [2.45, 2.75) is 6.92 Å². The molecule has 1 saturated heterocycles. The van der Waals surface area contributed by atoms with Crippen LogP contribution in [0.15, 0.2) is 40.9 Å². The number of anilines is 2. The Morgan fingerprint density at radius 3 is 2.54 bits per heavy atom. The lowest BCUT2D eigenvalue weighted by Gasteiger charge is -2.36. The number of halogens is 3. The zero-order chi connectivity index (χ0) is 18.7. The summed E-state index contributed by atoms with van der Waals surface area (Å²) >= 11 is 16.0. The van der Waals surface area contributed by atoms with Crippen LogP contribution in [0.2, 0.25) is 10.0 Å². The lowest BCUT2D eigenvalue weighted by Crippen LogP contribution is -2.46. The van der Waals surface area contributed by atoms with Crippen molar-refractivity contribution in [2.75, 3.05) is 42.9 Å². The van der Waals surface area contributed by atoms with Crippen molar-refractivity contribution in [1.29, 1.82) is 0 Å². The molecular formula is C19H20BrCl2N3O. The van der Waals surface area contributed by atoms with Crippen LogP contribution < -0.4 is 10.2 Å². The fourth-order valence-corrected chi connectivity index (χ4v) is 3.94. The summed E-state index contributed by atoms with van der Waals surface area (Å²) in [6.07, 6.45) is 0. The van der Waals surface area contributed by atoms with E-state index in [4.69, 9.17) is 23.2 Å². The monoisotopic (exact) mass is 455 g/mol. The second-order valence-electron chi connectivity index (χ2n) is 6.14. The summed E-state index contributed by atoms with van der Waals surface area (Å²) in [4.78, 5) is 17.4. The highest BCUT2D eigenvalue weighted by atomic mass is 79.9. The molecule has 3 rings (SSSR count). The number of nitrogens with zero attached hydrogens (tertiary/aromatic N) is 2. The minimum Gasteiger partial charge on any atom is -0.366 e. The zero-order valence-electron chi connectivity index (χ0n) is 14.4. The van der Waals surface area contributed by atoms with Crippen molar-refractivity contribution < 1.29 is 4.79 Å². The molecule has 1 aliphatic heterocycles. The number of rotatable bonds is 4. The molecule has 0 atom stereocenters. The van der Waals surface area contributed by atoms with Gasteiger partial charge in [0.2, 0.25) is 0 Å². The molecule has 1 aliphatic rings. The van der Waals surface area contributed by atoms with Gasteiger partial charge in [0, 0.05) is 30.7 Å². The maximum absolute atomic E-state index is 12.7. The van der Waals surface area contributed by atoms with E-state index in [0.717, 1.165) is 42.9 Å². The van der Waals surface area contributed by atoms with Gasteiger partial charge in [-0.1, -0.05) is 52.1 Å². The van der Waals surface area contributed by atoms with Crippen LogP contribution in [-0.4, -0.2) is 43.5 Å². The Bertz CT molecular complexity index is 807. The van der Waals surface area contributed by atoms with E-state index in [0.29, 0.717) is 21.3 Å². The Morgan fingerprint density at radius 1 is 1.12 bits per heavy atom. The molecule has 0 aliphatic carbocycles. The Hall–Kier alpha value is -1.27. The van der Waals surface area contributed by atoms with Gasteiger partial charge in [-0.3, -0.25) is 4.79 Å². The van der Waals surface area contributed by atoms with Crippen molar-refractivity contribution in [3.63, 3.8) is 0 Å². The van der Waals surface area contributed by atoms with Gasteiger partial charge in [0.25, 0.3) is 5.91 Å². The topological polar surface area (TPSA) is 35.6 Å². The van der Waals surface area contributed by atoms with Gasteiger partial charge in [-0.25, -0.2) is 0 Å². The normalized spacial score (nSPS) is 15.2. The second-order valence-corrected chi connectivity index (χ2v) is 7.87. The number of nitrogens with one attached hydrogen (secondary N) is 1. The van der Waals surface area contributed by atoms with Gasteiger partial charge in [-0.2, -0.15) is 0 Å². The van der Waals surface area contributed by atoms with E-state index in [2.05, 4.69) is 38.0 Å². The van der Waals surface area contributed by atoms with Crippen LogP contribution in [0.25, 0.3) is 0 Å². The zero-order valence-corrected chi connectivity index (χ0v) is 17.5. The van der Waals surface area contributed by atoms with Gasteiger partial charge in [0.15, 0.2) is 0 Å². The maximum Gasteiger partial charge on any atom is 0.257 e. The largest absolute Gasteiger partial charge is 0.366 e. The first-order chi connectivity index (χ1) is 12.5. The number of carbonyl (C=O) groups excluding carboxylic acids is 1. The Morgan fingerprint density at radius 2 is 1.85 bits per heavy atom. The molecular weight excluding hydrogens is 437 g/mol. The molecule has 0 radical (unpaired) electrons. The lowest BCUT2D eigenvalue weighted by molar-refractivity contribution is 0.102. The van der Waals surface area contributed by atoms with E-state index in [-0.39, 0.29) is 5.91 Å². The highest BCUT2D eigenvalue weighted by Gasteiger charge is 2.22. The SMILES string of the molecule is CCN1CCN(c2c(Cl)cccc2NC(=O)c2cc(Br)ccc2Cl)CC1. The molecule has 0 spiro atoms. The van der Waals surface area contributed by atoms with Gasteiger partial charge in [0.1, 0.15) is 0 Å². The number of likely N-dealkylation sites (N-methyl/N-ethyl adjacent to an activating group) is 1. The van der Waals surface area contributed by atoms with Crippen LogP contribution in [0.3, 0.4) is 0 Å². The third kappa shape index (κ3) is 4.34. The Labute approximate surface area is 172 Å². The highest BCUT2D eigenvalue weighted by molar-refractivity contribution is 9.10. The Balaban J connectivity index is 1.86. The van der Waals surface area contributed by atoms with Crippen molar-refractivity contribution in [2.24, 2.45) is 0 Å². The smallest absolute Gasteiger partial charge is 0.257 e. The molecule has 2 aromatic rings. The molecule has 7 heteroatoms. The maximum atomic E-state index is 12.7. The molecule has 0 bridgehead atoms. The van der Waals surface area contributed by atoms with E-state index in [1.165, 1.54) is 0 Å². The third-order valence-corrected chi connectivity index (χ3v) is 5.67. The second kappa shape index (κ2) is 8.61. The summed E-state index contributed by atoms with van der Waals surface area (Å²) in [6.45, 7) is 6.91. The lowest BCUT2D eigenvalue weighted by atomic mass is 10.1. The number of carbonyl (C=O) groups is 1. The average molecular weight is 457 g/mol. The summed E-state index contributed by atoms with van der Waals surface area (Å²) in [5, 5.41) is 4.01. The van der Waals surface area contributed by atoms with Crippen LogP contribution in [0.4, 0.5) is 11.4 Å². The molecule has 0 unspecified atom stereocenters. The fraction of sp³-hybridized carbons (Fsp3) is 0.316. The molecule has 4 nitrogen and oxygen atoms in total. The first-order valence-electron chi connectivity index (χ1n) is 8.51. The average Bonchev–Trinajstić information content (AvgIpc) is 2.64. The van der Waals surface area contributed by atoms with E-state index in [1.54, 1.807) is 18.2 Å². The van der Waals surface area contributed by atoms with Gasteiger partial charge in [-0.15, -0.1) is 0 Å². The van der Waals surface area contributed by atoms with Gasteiger partial charge in [0.05, 0.1) is 27.0 Å². The molecule has 1 heterocycles. The van der Waals surface area contributed by atoms with Crippen molar-refractivity contribution in [3.8, 4) is 0 Å². The van der Waals surface area contributed by atoms with Gasteiger partial charge >= 0.3 is 0 Å². The van der Waals surface area contributed by atoms with Crippen LogP contribution in [0.1, 0.15) is 17.3 Å². The van der Waals surface area contributed by atoms with Crippen molar-refractivity contribution in [3.05, 3.63) is 56.5 Å². The Kier molecular flexibility index (Phi) is 6.46. The molecule has 2 aromatic carbocycles. The van der Waals surface area contributed by atoms with E-state index < -0.39 is 0 Å². The standard InChI is InChI=1S/C19H20BrCl2N3O/c1-2-24-8-10-25(11-9-24)18-16(22)4-3-5-17(18)23-19(26)14-12-13(20)6-7-15(14)21/h3-7,12H,2,8-11H2,1H3,(H,23,26). The molecule has 0 aromatic heterocycles. The predicted octanol–water partition coefficient (Wildman–Crippen LogP) is 5.15. The molecule has 138 valence electrons. The van der Waals surface area contributed by atoms with Gasteiger partial charge < -0.3 is 15.1 Å². The summed E-state index contributed by atoms with van der Waals surface area (Å²) in [5.74, 6) is -0.257. The number of piperazine rings is 1. The van der Waals surface area contributed by atoms with Crippen LogP contribution >= 0.6 is 39.1 Å². The predicted molar refractivity (Wildman–Crippen MR) is 113 cm³/mol. The molecule has 26 heavy (non-hydrogen) atoms. The number of benzene rings is 2. The summed E-state index contributed by atoms with van der Waals surface area (Å²) in [7, 11) is 0. The molecule has 1 amide bonds. The fourth-order valence-electron chi connectivity index (χ4n) is 3.09. The summed E-state index contributed by atoms with van der Waals surface area (Å²) in [6, 6.07) is 10.8. The molecule has 1 N–H and O–H groups in total. The number of para-hydroxylation sites is 1. The number of amides is 1. The first-order valence-corrected chi connectivity index (χ1v) is 10.1. The number of hydrogen-bond donors (Lipinski definition) is 1. The van der Waals surface area contributed by atoms with Crippen molar-refractivity contribution >= 4 is 56.4 Å².